The van der Waals surface area contributed by atoms with Crippen molar-refractivity contribution in [3.63, 3.8) is 0 Å². The SMILES string of the molecule is CC1CCN(C(=O)NCC23CC4CC(CC(C4)C2)C3)CC1. The van der Waals surface area contributed by atoms with Gasteiger partial charge in [-0.25, -0.2) is 4.79 Å². The molecule has 0 aromatic carbocycles. The predicted octanol–water partition coefficient (Wildman–Crippen LogP) is 3.64. The molecule has 0 unspecified atom stereocenters. The highest BCUT2D eigenvalue weighted by molar-refractivity contribution is 5.74. The minimum atomic E-state index is 0.206. The van der Waals surface area contributed by atoms with E-state index in [4.69, 9.17) is 0 Å². The Morgan fingerprint density at radius 1 is 1.05 bits per heavy atom. The lowest BCUT2D eigenvalue weighted by Crippen LogP contribution is -2.53. The summed E-state index contributed by atoms with van der Waals surface area (Å²) in [7, 11) is 0. The lowest BCUT2D eigenvalue weighted by atomic mass is 9.49. The molecule has 4 aliphatic carbocycles. The van der Waals surface area contributed by atoms with E-state index in [9.17, 15) is 4.79 Å². The summed E-state index contributed by atoms with van der Waals surface area (Å²) < 4.78 is 0. The summed E-state index contributed by atoms with van der Waals surface area (Å²) in [6.07, 6.45) is 10.9. The molecule has 0 atom stereocenters. The van der Waals surface area contributed by atoms with Crippen molar-refractivity contribution >= 4 is 6.03 Å². The Balaban J connectivity index is 1.33. The van der Waals surface area contributed by atoms with Gasteiger partial charge in [-0.2, -0.15) is 0 Å². The van der Waals surface area contributed by atoms with Gasteiger partial charge in [0.1, 0.15) is 0 Å². The van der Waals surface area contributed by atoms with E-state index in [-0.39, 0.29) is 6.03 Å². The van der Waals surface area contributed by atoms with Crippen molar-refractivity contribution in [3.05, 3.63) is 0 Å². The highest BCUT2D eigenvalue weighted by atomic mass is 16.2. The molecule has 1 heterocycles. The van der Waals surface area contributed by atoms with Gasteiger partial charge in [0.15, 0.2) is 0 Å². The monoisotopic (exact) mass is 290 g/mol. The summed E-state index contributed by atoms with van der Waals surface area (Å²) >= 11 is 0. The first kappa shape index (κ1) is 13.9. The average molecular weight is 290 g/mol. The summed E-state index contributed by atoms with van der Waals surface area (Å²) in [5.74, 6) is 3.72. The molecule has 118 valence electrons. The van der Waals surface area contributed by atoms with Crippen LogP contribution >= 0.6 is 0 Å². The molecule has 1 aliphatic heterocycles. The molecule has 0 aromatic rings. The number of piperidine rings is 1. The fourth-order valence-electron chi connectivity index (χ4n) is 6.09. The van der Waals surface area contributed by atoms with Crippen LogP contribution in [0.15, 0.2) is 0 Å². The molecule has 0 radical (unpaired) electrons. The Hall–Kier alpha value is -0.730. The van der Waals surface area contributed by atoms with Gasteiger partial charge in [0.2, 0.25) is 0 Å². The molecule has 4 saturated carbocycles. The Morgan fingerprint density at radius 2 is 1.57 bits per heavy atom. The van der Waals surface area contributed by atoms with Gasteiger partial charge in [0, 0.05) is 19.6 Å². The first-order valence-corrected chi connectivity index (χ1v) is 9.15. The number of likely N-dealkylation sites (tertiary alicyclic amines) is 1. The minimum absolute atomic E-state index is 0.206. The Bertz CT molecular complexity index is 376. The van der Waals surface area contributed by atoms with Crippen molar-refractivity contribution in [1.82, 2.24) is 10.2 Å². The lowest BCUT2D eigenvalue weighted by molar-refractivity contribution is -0.0503. The van der Waals surface area contributed by atoms with E-state index in [1.807, 2.05) is 4.90 Å². The second-order valence-corrected chi connectivity index (χ2v) is 8.75. The summed E-state index contributed by atoms with van der Waals surface area (Å²) in [6, 6.07) is 0.206. The van der Waals surface area contributed by atoms with Gasteiger partial charge in [0.25, 0.3) is 0 Å². The van der Waals surface area contributed by atoms with Gasteiger partial charge in [0.05, 0.1) is 0 Å². The van der Waals surface area contributed by atoms with Crippen LogP contribution in [0.5, 0.6) is 0 Å². The number of nitrogens with zero attached hydrogens (tertiary/aromatic N) is 1. The average Bonchev–Trinajstić information content (AvgIpc) is 2.44. The topological polar surface area (TPSA) is 32.3 Å². The number of carbonyl (C=O) groups is 1. The van der Waals surface area contributed by atoms with Crippen molar-refractivity contribution in [2.24, 2.45) is 29.1 Å². The van der Waals surface area contributed by atoms with E-state index in [1.54, 1.807) is 0 Å². The highest BCUT2D eigenvalue weighted by Gasteiger charge is 2.50. The molecule has 5 fully saturated rings. The molecule has 1 saturated heterocycles. The summed E-state index contributed by atoms with van der Waals surface area (Å²) in [5, 5.41) is 3.31. The quantitative estimate of drug-likeness (QED) is 0.827. The van der Waals surface area contributed by atoms with Gasteiger partial charge < -0.3 is 10.2 Å². The molecule has 5 rings (SSSR count). The zero-order valence-electron chi connectivity index (χ0n) is 13.4. The third kappa shape index (κ3) is 2.68. The number of urea groups is 1. The molecule has 0 spiro atoms. The molecule has 3 heteroatoms. The summed E-state index contributed by atoms with van der Waals surface area (Å²) in [5.41, 5.74) is 0.466. The van der Waals surface area contributed by atoms with Crippen LogP contribution in [0.1, 0.15) is 58.3 Å². The van der Waals surface area contributed by atoms with E-state index in [0.29, 0.717) is 5.41 Å². The third-order valence-electron chi connectivity index (χ3n) is 6.85. The number of amides is 2. The first-order valence-electron chi connectivity index (χ1n) is 9.15. The minimum Gasteiger partial charge on any atom is -0.337 e. The van der Waals surface area contributed by atoms with Gasteiger partial charge in [-0.1, -0.05) is 6.92 Å². The predicted molar refractivity (Wildman–Crippen MR) is 84.0 cm³/mol. The molecular formula is C18H30N2O. The molecule has 3 nitrogen and oxygen atoms in total. The maximum Gasteiger partial charge on any atom is 0.317 e. The van der Waals surface area contributed by atoms with Gasteiger partial charge in [-0.05, 0) is 80.5 Å². The molecular weight excluding hydrogens is 260 g/mol. The summed E-state index contributed by atoms with van der Waals surface area (Å²) in [4.78, 5) is 14.5. The van der Waals surface area contributed by atoms with Crippen LogP contribution in [0.25, 0.3) is 0 Å². The van der Waals surface area contributed by atoms with Crippen LogP contribution in [0, 0.1) is 29.1 Å². The normalized spacial score (nSPS) is 42.3. The molecule has 2 amide bonds. The number of hydrogen-bond donors (Lipinski definition) is 1. The first-order chi connectivity index (χ1) is 10.1. The van der Waals surface area contributed by atoms with Crippen LogP contribution < -0.4 is 5.32 Å². The molecule has 1 N–H and O–H groups in total. The highest BCUT2D eigenvalue weighted by Crippen LogP contribution is 2.59. The molecule has 0 aromatic heterocycles. The Labute approximate surface area is 128 Å². The van der Waals surface area contributed by atoms with Gasteiger partial charge >= 0.3 is 6.03 Å². The van der Waals surface area contributed by atoms with E-state index in [0.717, 1.165) is 43.3 Å². The van der Waals surface area contributed by atoms with Crippen LogP contribution in [-0.2, 0) is 0 Å². The maximum atomic E-state index is 12.4. The fraction of sp³-hybridized carbons (Fsp3) is 0.944. The van der Waals surface area contributed by atoms with E-state index >= 15 is 0 Å². The molecule has 21 heavy (non-hydrogen) atoms. The third-order valence-corrected chi connectivity index (χ3v) is 6.85. The number of nitrogens with one attached hydrogen (secondary N) is 1. The van der Waals surface area contributed by atoms with Crippen LogP contribution in [0.4, 0.5) is 4.79 Å². The van der Waals surface area contributed by atoms with Crippen molar-refractivity contribution in [2.45, 2.75) is 58.3 Å². The van der Waals surface area contributed by atoms with Crippen molar-refractivity contribution in [1.29, 1.82) is 0 Å². The maximum absolute atomic E-state index is 12.4. The van der Waals surface area contributed by atoms with E-state index in [2.05, 4.69) is 12.2 Å². The standard InChI is InChI=1S/C18H30N2O/c1-13-2-4-20(5-3-13)17(21)19-12-18-9-14-6-15(10-18)8-16(7-14)11-18/h13-16H,2-12H2,1H3,(H,19,21). The Kier molecular flexibility index (Phi) is 3.42. The zero-order chi connectivity index (χ0) is 14.4. The van der Waals surface area contributed by atoms with Crippen molar-refractivity contribution in [2.75, 3.05) is 19.6 Å². The van der Waals surface area contributed by atoms with Crippen molar-refractivity contribution < 1.29 is 4.79 Å². The molecule has 5 aliphatic rings. The fourth-order valence-corrected chi connectivity index (χ4v) is 6.09. The molecule has 4 bridgehead atoms. The largest absolute Gasteiger partial charge is 0.337 e. The number of carbonyl (C=O) groups excluding carboxylic acids is 1. The Morgan fingerprint density at radius 3 is 2.10 bits per heavy atom. The smallest absolute Gasteiger partial charge is 0.317 e. The second-order valence-electron chi connectivity index (χ2n) is 8.75. The van der Waals surface area contributed by atoms with Crippen LogP contribution in [-0.4, -0.2) is 30.6 Å². The zero-order valence-corrected chi connectivity index (χ0v) is 13.4. The van der Waals surface area contributed by atoms with Crippen molar-refractivity contribution in [3.8, 4) is 0 Å². The van der Waals surface area contributed by atoms with E-state index < -0.39 is 0 Å². The van der Waals surface area contributed by atoms with Crippen LogP contribution in [0.2, 0.25) is 0 Å². The number of rotatable bonds is 2. The summed E-state index contributed by atoms with van der Waals surface area (Å²) in [6.45, 7) is 5.15. The van der Waals surface area contributed by atoms with Gasteiger partial charge in [-0.15, -0.1) is 0 Å². The second kappa shape index (κ2) is 5.17. The van der Waals surface area contributed by atoms with Crippen LogP contribution in [0.3, 0.4) is 0 Å². The van der Waals surface area contributed by atoms with Gasteiger partial charge in [-0.3, -0.25) is 0 Å². The number of hydrogen-bond acceptors (Lipinski definition) is 1. The lowest BCUT2D eigenvalue weighted by Gasteiger charge is -2.57. The van der Waals surface area contributed by atoms with E-state index in [1.165, 1.54) is 51.4 Å².